The van der Waals surface area contributed by atoms with Crippen LogP contribution in [-0.2, 0) is 5.75 Å². The Kier molecular flexibility index (Phi) is 6.49. The van der Waals surface area contributed by atoms with Gasteiger partial charge in [-0.05, 0) is 43.2 Å². The van der Waals surface area contributed by atoms with Crippen molar-refractivity contribution in [3.63, 3.8) is 0 Å². The van der Waals surface area contributed by atoms with Crippen LogP contribution in [0.2, 0.25) is 0 Å². The molecule has 3 rings (SSSR count). The summed E-state index contributed by atoms with van der Waals surface area (Å²) in [5.74, 6) is 2.95. The van der Waals surface area contributed by atoms with Crippen molar-refractivity contribution in [1.82, 2.24) is 14.9 Å². The van der Waals surface area contributed by atoms with Crippen LogP contribution in [0.5, 0.6) is 11.5 Å². The minimum absolute atomic E-state index is 0.589. The zero-order valence-electron chi connectivity index (χ0n) is 15.6. The number of rotatable bonds is 8. The summed E-state index contributed by atoms with van der Waals surface area (Å²) >= 11 is 1.60. The second-order valence-corrected chi connectivity index (χ2v) is 6.65. The Labute approximate surface area is 163 Å². The number of benzene rings is 2. The van der Waals surface area contributed by atoms with Gasteiger partial charge in [-0.25, -0.2) is 0 Å². The molecule has 27 heavy (non-hydrogen) atoms. The normalized spacial score (nSPS) is 11.1. The lowest BCUT2D eigenvalue weighted by molar-refractivity contribution is 0.311. The monoisotopic (exact) mass is 382 g/mol. The van der Waals surface area contributed by atoms with Crippen molar-refractivity contribution in [3.8, 4) is 11.5 Å². The molecule has 6 nitrogen and oxygen atoms in total. The molecule has 0 fully saturated rings. The Morgan fingerprint density at radius 2 is 1.93 bits per heavy atom. The highest BCUT2D eigenvalue weighted by atomic mass is 32.2. The highest BCUT2D eigenvalue weighted by Gasteiger charge is 2.09. The quantitative estimate of drug-likeness (QED) is 0.432. The van der Waals surface area contributed by atoms with Gasteiger partial charge in [0.2, 0.25) is 5.16 Å². The molecular formula is C20H22N4O2S. The number of thioether (sulfide) groups is 1. The molecular weight excluding hydrogens is 360 g/mol. The first-order valence-corrected chi connectivity index (χ1v) is 9.63. The number of nitrogens with zero attached hydrogens (tertiary/aromatic N) is 4. The summed E-state index contributed by atoms with van der Waals surface area (Å²) in [7, 11) is 1.63. The molecule has 0 saturated carbocycles. The highest BCUT2D eigenvalue weighted by molar-refractivity contribution is 7.98. The summed E-state index contributed by atoms with van der Waals surface area (Å²) < 4.78 is 12.7. The van der Waals surface area contributed by atoms with Crippen LogP contribution in [0.4, 0.5) is 0 Å². The summed E-state index contributed by atoms with van der Waals surface area (Å²) in [5, 5.41) is 13.7. The van der Waals surface area contributed by atoms with E-state index in [0.29, 0.717) is 12.4 Å². The van der Waals surface area contributed by atoms with E-state index in [4.69, 9.17) is 9.47 Å². The van der Waals surface area contributed by atoms with Crippen molar-refractivity contribution in [2.75, 3.05) is 13.7 Å². The predicted octanol–water partition coefficient (Wildman–Crippen LogP) is 4.17. The van der Waals surface area contributed by atoms with E-state index in [1.54, 1.807) is 29.8 Å². The third kappa shape index (κ3) is 4.89. The highest BCUT2D eigenvalue weighted by Crippen LogP contribution is 2.27. The summed E-state index contributed by atoms with van der Waals surface area (Å²) in [6.07, 6.45) is 1.77. The predicted molar refractivity (Wildman–Crippen MR) is 108 cm³/mol. The van der Waals surface area contributed by atoms with Crippen molar-refractivity contribution in [3.05, 3.63) is 65.5 Å². The van der Waals surface area contributed by atoms with Crippen molar-refractivity contribution >= 4 is 18.0 Å². The molecule has 0 amide bonds. The maximum atomic E-state index is 5.55. The Balaban J connectivity index is 1.76. The molecule has 1 heterocycles. The van der Waals surface area contributed by atoms with Crippen LogP contribution in [0.1, 0.15) is 23.9 Å². The standard InChI is InChI=1S/C20H22N4O2S/c1-4-26-18-11-10-17(12-19(18)25-3)13-21-24-15(2)22-23-20(24)27-14-16-8-6-5-7-9-16/h5-13H,4,14H2,1-3H3/b21-13+. The van der Waals surface area contributed by atoms with E-state index in [1.165, 1.54) is 5.56 Å². The van der Waals surface area contributed by atoms with E-state index in [1.807, 2.05) is 50.2 Å². The minimum Gasteiger partial charge on any atom is -0.493 e. The second kappa shape index (κ2) is 9.23. The molecule has 140 valence electrons. The second-order valence-electron chi connectivity index (χ2n) is 5.70. The third-order valence-electron chi connectivity index (χ3n) is 3.79. The van der Waals surface area contributed by atoms with Crippen LogP contribution in [0.3, 0.4) is 0 Å². The first-order chi connectivity index (χ1) is 13.2. The lowest BCUT2D eigenvalue weighted by atomic mass is 10.2. The molecule has 0 unspecified atom stereocenters. The molecule has 0 saturated heterocycles. The largest absolute Gasteiger partial charge is 0.493 e. The maximum absolute atomic E-state index is 5.55. The average Bonchev–Trinajstić information content (AvgIpc) is 3.06. The molecule has 0 N–H and O–H groups in total. The van der Waals surface area contributed by atoms with Crippen molar-refractivity contribution in [2.24, 2.45) is 5.10 Å². The number of aryl methyl sites for hydroxylation is 1. The molecule has 0 aliphatic heterocycles. The topological polar surface area (TPSA) is 61.5 Å². The fraction of sp³-hybridized carbons (Fsp3) is 0.250. The molecule has 0 spiro atoms. The molecule has 1 aromatic heterocycles. The molecule has 0 atom stereocenters. The Hall–Kier alpha value is -2.80. The van der Waals surface area contributed by atoms with Crippen LogP contribution in [0, 0.1) is 6.92 Å². The molecule has 2 aromatic carbocycles. The number of aromatic nitrogens is 3. The zero-order chi connectivity index (χ0) is 19.1. The number of hydrogen-bond donors (Lipinski definition) is 0. The zero-order valence-corrected chi connectivity index (χ0v) is 16.4. The van der Waals surface area contributed by atoms with Gasteiger partial charge in [-0.2, -0.15) is 9.78 Å². The van der Waals surface area contributed by atoms with E-state index in [2.05, 4.69) is 27.4 Å². The minimum atomic E-state index is 0.589. The van der Waals surface area contributed by atoms with Gasteiger partial charge in [-0.3, -0.25) is 0 Å². The smallest absolute Gasteiger partial charge is 0.212 e. The Morgan fingerprint density at radius 1 is 1.11 bits per heavy atom. The summed E-state index contributed by atoms with van der Waals surface area (Å²) in [6.45, 7) is 4.42. The van der Waals surface area contributed by atoms with E-state index < -0.39 is 0 Å². The van der Waals surface area contributed by atoms with Gasteiger partial charge < -0.3 is 9.47 Å². The van der Waals surface area contributed by atoms with Gasteiger partial charge >= 0.3 is 0 Å². The molecule has 0 bridgehead atoms. The maximum Gasteiger partial charge on any atom is 0.212 e. The van der Waals surface area contributed by atoms with Crippen LogP contribution < -0.4 is 9.47 Å². The Morgan fingerprint density at radius 3 is 2.67 bits per heavy atom. The first kappa shape index (κ1) is 19.0. The van der Waals surface area contributed by atoms with Crippen molar-refractivity contribution < 1.29 is 9.47 Å². The van der Waals surface area contributed by atoms with E-state index in [9.17, 15) is 0 Å². The van der Waals surface area contributed by atoms with Crippen molar-refractivity contribution in [2.45, 2.75) is 24.8 Å². The summed E-state index contributed by atoms with van der Waals surface area (Å²) in [5.41, 5.74) is 2.14. The van der Waals surface area contributed by atoms with Gasteiger partial charge in [0.05, 0.1) is 19.9 Å². The lowest BCUT2D eigenvalue weighted by Crippen LogP contribution is -1.98. The number of methoxy groups -OCH3 is 1. The molecule has 0 aliphatic rings. The van der Waals surface area contributed by atoms with Crippen LogP contribution >= 0.6 is 11.8 Å². The van der Waals surface area contributed by atoms with E-state index >= 15 is 0 Å². The van der Waals surface area contributed by atoms with Gasteiger partial charge in [-0.15, -0.1) is 10.2 Å². The van der Waals surface area contributed by atoms with Gasteiger partial charge in [0.25, 0.3) is 0 Å². The number of hydrogen-bond acceptors (Lipinski definition) is 6. The molecule has 3 aromatic rings. The summed E-state index contributed by atoms with van der Waals surface area (Å²) in [6, 6.07) is 16.0. The Bertz CT molecular complexity index is 910. The van der Waals surface area contributed by atoms with Gasteiger partial charge in [0, 0.05) is 5.75 Å². The average molecular weight is 382 g/mol. The fourth-order valence-corrected chi connectivity index (χ4v) is 3.34. The van der Waals surface area contributed by atoms with Gasteiger partial charge in [-0.1, -0.05) is 42.1 Å². The van der Waals surface area contributed by atoms with Crippen LogP contribution in [0.25, 0.3) is 0 Å². The summed E-state index contributed by atoms with van der Waals surface area (Å²) in [4.78, 5) is 0. The molecule has 0 aliphatic carbocycles. The number of ether oxygens (including phenoxy) is 2. The molecule has 7 heteroatoms. The van der Waals surface area contributed by atoms with Crippen LogP contribution in [0.15, 0.2) is 58.8 Å². The van der Waals surface area contributed by atoms with E-state index in [-0.39, 0.29) is 0 Å². The van der Waals surface area contributed by atoms with Gasteiger partial charge in [0.1, 0.15) is 0 Å². The lowest BCUT2D eigenvalue weighted by Gasteiger charge is -2.09. The van der Waals surface area contributed by atoms with Crippen molar-refractivity contribution in [1.29, 1.82) is 0 Å². The fourth-order valence-electron chi connectivity index (χ4n) is 2.45. The third-order valence-corrected chi connectivity index (χ3v) is 4.78. The van der Waals surface area contributed by atoms with Crippen LogP contribution in [-0.4, -0.2) is 34.8 Å². The van der Waals surface area contributed by atoms with E-state index in [0.717, 1.165) is 28.0 Å². The first-order valence-electron chi connectivity index (χ1n) is 8.65. The van der Waals surface area contributed by atoms with Gasteiger partial charge in [0.15, 0.2) is 17.3 Å². The SMILES string of the molecule is CCOc1ccc(/C=N/n2c(C)nnc2SCc2ccccc2)cc1OC. The molecule has 0 radical (unpaired) electrons.